The van der Waals surface area contributed by atoms with E-state index >= 15 is 0 Å². The first-order chi connectivity index (χ1) is 17.0. The van der Waals surface area contributed by atoms with Crippen molar-refractivity contribution in [2.24, 2.45) is 0 Å². The molecule has 0 aliphatic carbocycles. The summed E-state index contributed by atoms with van der Waals surface area (Å²) < 4.78 is 20.1. The first kappa shape index (κ1) is 23.1. The van der Waals surface area contributed by atoms with E-state index in [1.807, 2.05) is 0 Å². The summed E-state index contributed by atoms with van der Waals surface area (Å²) in [7, 11) is 0. The number of aromatic nitrogens is 3. The second-order valence-electron chi connectivity index (χ2n) is 7.08. The summed E-state index contributed by atoms with van der Waals surface area (Å²) in [4.78, 5) is 34.4. The van der Waals surface area contributed by atoms with Crippen LogP contribution >= 0.6 is 0 Å². The Balaban J connectivity index is 1.44. The van der Waals surface area contributed by atoms with Gasteiger partial charge in [-0.25, -0.2) is 9.37 Å². The first-order valence-corrected chi connectivity index (χ1v) is 10.3. The standard InChI is InChI=1S/C25H19FN6O3/c1-2-23(34)29-17-4-3-5-18(12-17)30-24-22(26)14-28-25(32-24)31-16-6-8-20(9-7-16)35-21-10-11-27-19(13-21)15-33/h2-15H,1H2,(H,29,34)(H2,28,30,31,32). The van der Waals surface area contributed by atoms with Gasteiger partial charge in [0.2, 0.25) is 11.9 Å². The van der Waals surface area contributed by atoms with E-state index in [9.17, 15) is 14.0 Å². The smallest absolute Gasteiger partial charge is 0.247 e. The van der Waals surface area contributed by atoms with Gasteiger partial charge in [-0.2, -0.15) is 4.98 Å². The van der Waals surface area contributed by atoms with Gasteiger partial charge in [-0.1, -0.05) is 12.6 Å². The maximum Gasteiger partial charge on any atom is 0.247 e. The number of anilines is 5. The Morgan fingerprint density at radius 2 is 1.74 bits per heavy atom. The van der Waals surface area contributed by atoms with Crippen molar-refractivity contribution in [1.29, 1.82) is 0 Å². The van der Waals surface area contributed by atoms with Gasteiger partial charge in [-0.15, -0.1) is 0 Å². The molecule has 0 aliphatic heterocycles. The summed E-state index contributed by atoms with van der Waals surface area (Å²) in [6.45, 7) is 3.41. The number of amides is 1. The van der Waals surface area contributed by atoms with Crippen molar-refractivity contribution < 1.29 is 18.7 Å². The molecule has 35 heavy (non-hydrogen) atoms. The van der Waals surface area contributed by atoms with Gasteiger partial charge in [0.1, 0.15) is 17.2 Å². The second kappa shape index (κ2) is 10.7. The lowest BCUT2D eigenvalue weighted by Gasteiger charge is -2.11. The van der Waals surface area contributed by atoms with Crippen LogP contribution in [0.25, 0.3) is 0 Å². The fraction of sp³-hybridized carbons (Fsp3) is 0. The molecule has 0 radical (unpaired) electrons. The van der Waals surface area contributed by atoms with Gasteiger partial charge in [-0.3, -0.25) is 14.6 Å². The largest absolute Gasteiger partial charge is 0.457 e. The first-order valence-electron chi connectivity index (χ1n) is 10.3. The highest BCUT2D eigenvalue weighted by Gasteiger charge is 2.09. The maximum absolute atomic E-state index is 14.3. The molecule has 4 rings (SSSR count). The highest BCUT2D eigenvalue weighted by Crippen LogP contribution is 2.25. The topological polar surface area (TPSA) is 118 Å². The molecule has 0 atom stereocenters. The number of aldehydes is 1. The summed E-state index contributed by atoms with van der Waals surface area (Å²) in [6, 6.07) is 16.8. The van der Waals surface area contributed by atoms with Crippen molar-refractivity contribution in [3.63, 3.8) is 0 Å². The number of benzene rings is 2. The van der Waals surface area contributed by atoms with Crippen molar-refractivity contribution in [1.82, 2.24) is 15.0 Å². The van der Waals surface area contributed by atoms with Crippen LogP contribution < -0.4 is 20.7 Å². The predicted molar refractivity (Wildman–Crippen MR) is 130 cm³/mol. The number of carbonyl (C=O) groups is 2. The Labute approximate surface area is 199 Å². The minimum atomic E-state index is -0.646. The van der Waals surface area contributed by atoms with Gasteiger partial charge in [0.05, 0.1) is 6.20 Å². The number of pyridine rings is 1. The number of carbonyl (C=O) groups excluding carboxylic acids is 2. The van der Waals surface area contributed by atoms with Gasteiger partial charge >= 0.3 is 0 Å². The van der Waals surface area contributed by atoms with Crippen molar-refractivity contribution >= 4 is 41.0 Å². The zero-order valence-electron chi connectivity index (χ0n) is 18.2. The molecule has 4 aromatic rings. The van der Waals surface area contributed by atoms with Crippen LogP contribution in [0.3, 0.4) is 0 Å². The Bertz CT molecular complexity index is 1380. The maximum atomic E-state index is 14.3. The molecule has 2 heterocycles. The molecule has 0 saturated carbocycles. The van der Waals surface area contributed by atoms with Gasteiger partial charge in [0.25, 0.3) is 0 Å². The van der Waals surface area contributed by atoms with E-state index in [0.717, 1.165) is 12.3 Å². The van der Waals surface area contributed by atoms with Gasteiger partial charge in [-0.05, 0) is 54.6 Å². The molecule has 0 aliphatic rings. The van der Waals surface area contributed by atoms with Crippen molar-refractivity contribution in [3.8, 4) is 11.5 Å². The van der Waals surface area contributed by atoms with Crippen LogP contribution in [0.1, 0.15) is 10.5 Å². The molecular formula is C25H19FN6O3. The molecule has 0 bridgehead atoms. The minimum Gasteiger partial charge on any atom is -0.457 e. The van der Waals surface area contributed by atoms with Crippen LogP contribution in [0.4, 0.5) is 33.2 Å². The number of hydrogen-bond donors (Lipinski definition) is 3. The van der Waals surface area contributed by atoms with E-state index in [4.69, 9.17) is 4.74 Å². The molecule has 3 N–H and O–H groups in total. The summed E-state index contributed by atoms with van der Waals surface area (Å²) in [6.07, 6.45) is 4.33. The van der Waals surface area contributed by atoms with E-state index < -0.39 is 5.82 Å². The van der Waals surface area contributed by atoms with Crippen LogP contribution in [-0.2, 0) is 4.79 Å². The van der Waals surface area contributed by atoms with Crippen LogP contribution in [0, 0.1) is 5.82 Å². The van der Waals surface area contributed by atoms with E-state index in [1.165, 1.54) is 12.3 Å². The van der Waals surface area contributed by atoms with Crippen LogP contribution in [0.5, 0.6) is 11.5 Å². The number of halogens is 1. The van der Waals surface area contributed by atoms with Gasteiger partial charge in [0.15, 0.2) is 17.9 Å². The molecule has 2 aromatic heterocycles. The highest BCUT2D eigenvalue weighted by molar-refractivity contribution is 5.99. The third-order valence-electron chi connectivity index (χ3n) is 4.54. The van der Waals surface area contributed by atoms with Crippen LogP contribution in [0.15, 0.2) is 85.7 Å². The molecule has 1 amide bonds. The monoisotopic (exact) mass is 470 g/mol. The molecule has 0 saturated heterocycles. The minimum absolute atomic E-state index is 0.0432. The van der Waals surface area contributed by atoms with Crippen molar-refractivity contribution in [3.05, 3.63) is 97.2 Å². The fourth-order valence-corrected chi connectivity index (χ4v) is 2.95. The summed E-state index contributed by atoms with van der Waals surface area (Å²) in [5.41, 5.74) is 1.95. The molecule has 0 spiro atoms. The Hall–Kier alpha value is -5.12. The van der Waals surface area contributed by atoms with Crippen molar-refractivity contribution in [2.45, 2.75) is 0 Å². The molecule has 9 nitrogen and oxygen atoms in total. The molecule has 0 unspecified atom stereocenters. The third-order valence-corrected chi connectivity index (χ3v) is 4.54. The van der Waals surface area contributed by atoms with E-state index in [2.05, 4.69) is 37.5 Å². The molecular weight excluding hydrogens is 451 g/mol. The van der Waals surface area contributed by atoms with E-state index in [0.29, 0.717) is 34.8 Å². The number of nitrogens with zero attached hydrogens (tertiary/aromatic N) is 3. The fourth-order valence-electron chi connectivity index (χ4n) is 2.95. The number of hydrogen-bond acceptors (Lipinski definition) is 8. The lowest BCUT2D eigenvalue weighted by Crippen LogP contribution is -2.07. The Morgan fingerprint density at radius 1 is 0.943 bits per heavy atom. The lowest BCUT2D eigenvalue weighted by molar-refractivity contribution is -0.111. The molecule has 2 aromatic carbocycles. The average Bonchev–Trinajstić information content (AvgIpc) is 2.87. The number of rotatable bonds is 9. The highest BCUT2D eigenvalue weighted by atomic mass is 19.1. The molecule has 174 valence electrons. The second-order valence-corrected chi connectivity index (χ2v) is 7.08. The van der Waals surface area contributed by atoms with Gasteiger partial charge < -0.3 is 20.7 Å². The summed E-state index contributed by atoms with van der Waals surface area (Å²) >= 11 is 0. The average molecular weight is 470 g/mol. The predicted octanol–water partition coefficient (Wildman–Crippen LogP) is 5.23. The zero-order valence-corrected chi connectivity index (χ0v) is 18.2. The molecule has 0 fully saturated rings. The van der Waals surface area contributed by atoms with Crippen LogP contribution in [-0.4, -0.2) is 27.1 Å². The lowest BCUT2D eigenvalue weighted by atomic mass is 10.2. The zero-order chi connectivity index (χ0) is 24.6. The Kier molecular flexibility index (Phi) is 7.02. The van der Waals surface area contributed by atoms with E-state index in [1.54, 1.807) is 54.6 Å². The number of nitrogens with one attached hydrogen (secondary N) is 3. The van der Waals surface area contributed by atoms with Crippen LogP contribution in [0.2, 0.25) is 0 Å². The van der Waals surface area contributed by atoms with Crippen molar-refractivity contribution in [2.75, 3.05) is 16.0 Å². The summed E-state index contributed by atoms with van der Waals surface area (Å²) in [5, 5.41) is 8.52. The molecule has 10 heteroatoms. The SMILES string of the molecule is C=CC(=O)Nc1cccc(Nc2nc(Nc3ccc(Oc4ccnc(C=O)c4)cc3)ncc2F)c1. The quantitative estimate of drug-likeness (QED) is 0.225. The summed E-state index contributed by atoms with van der Waals surface area (Å²) in [5.74, 6) is 0.149. The third kappa shape index (κ3) is 6.23. The Morgan fingerprint density at radius 3 is 2.51 bits per heavy atom. The number of ether oxygens (including phenoxy) is 1. The normalized spacial score (nSPS) is 10.2. The van der Waals surface area contributed by atoms with E-state index in [-0.39, 0.29) is 23.4 Å². The van der Waals surface area contributed by atoms with Gasteiger partial charge in [0, 0.05) is 29.3 Å².